The molecule has 2 aliphatic rings. The standard InChI is InChI=1S/C53H70N2O3/c1-5-9-13-17-21-25-37(26-22-18-14-10-6-2)54-46-36-35-42-40-30-33-44-49-43(32-29-39(47(40)49)41-31-34-45(51(54)56)50(46)48(41)42)52(57)55(53(44)58)38(27-23-19-15-11-7-3)28-24-20-16-12-8-4/h29-38H,5-28H2,1-4H3. The highest BCUT2D eigenvalue weighted by Gasteiger charge is 2.39. The maximum atomic E-state index is 14.6. The van der Waals surface area contributed by atoms with Gasteiger partial charge in [0.25, 0.3) is 17.7 Å². The van der Waals surface area contributed by atoms with E-state index in [1.54, 1.807) is 4.90 Å². The van der Waals surface area contributed by atoms with Crippen molar-refractivity contribution in [3.63, 3.8) is 0 Å². The van der Waals surface area contributed by atoms with Crippen molar-refractivity contribution in [3.8, 4) is 0 Å². The quantitative estimate of drug-likeness (QED) is 0.0243. The smallest absolute Gasteiger partial charge is 0.261 e. The van der Waals surface area contributed by atoms with Crippen LogP contribution in [0.5, 0.6) is 0 Å². The Morgan fingerprint density at radius 1 is 0.345 bits per heavy atom. The second kappa shape index (κ2) is 19.8. The van der Waals surface area contributed by atoms with Crippen LogP contribution in [0.2, 0.25) is 0 Å². The number of anilines is 1. The van der Waals surface area contributed by atoms with Crippen molar-refractivity contribution in [3.05, 3.63) is 65.2 Å². The van der Waals surface area contributed by atoms with Crippen LogP contribution in [0.1, 0.15) is 213 Å². The second-order valence-electron chi connectivity index (χ2n) is 17.9. The summed E-state index contributed by atoms with van der Waals surface area (Å²) in [5, 5.41) is 8.30. The molecule has 0 aromatic heterocycles. The second-order valence-corrected chi connectivity index (χ2v) is 17.9. The van der Waals surface area contributed by atoms with Crippen LogP contribution in [-0.2, 0) is 0 Å². The Balaban J connectivity index is 1.25. The third-order valence-electron chi connectivity index (χ3n) is 13.8. The molecule has 58 heavy (non-hydrogen) atoms. The van der Waals surface area contributed by atoms with Crippen LogP contribution in [0.3, 0.4) is 0 Å². The molecule has 7 rings (SSSR count). The Bertz CT molecular complexity index is 2100. The summed E-state index contributed by atoms with van der Waals surface area (Å²) < 4.78 is 0. The van der Waals surface area contributed by atoms with Crippen LogP contribution in [-0.4, -0.2) is 34.7 Å². The summed E-state index contributed by atoms with van der Waals surface area (Å²) in [6.07, 6.45) is 27.8. The first kappa shape index (κ1) is 42.1. The minimum atomic E-state index is -0.135. The third kappa shape index (κ3) is 8.26. The maximum absolute atomic E-state index is 14.6. The monoisotopic (exact) mass is 783 g/mol. The number of imide groups is 1. The van der Waals surface area contributed by atoms with Crippen molar-refractivity contribution in [1.29, 1.82) is 0 Å². The number of rotatable bonds is 26. The summed E-state index contributed by atoms with van der Waals surface area (Å²) in [4.78, 5) is 47.6. The van der Waals surface area contributed by atoms with E-state index in [-0.39, 0.29) is 29.8 Å². The topological polar surface area (TPSA) is 57.7 Å². The van der Waals surface area contributed by atoms with E-state index in [9.17, 15) is 14.4 Å². The maximum Gasteiger partial charge on any atom is 0.261 e. The molecule has 0 unspecified atom stereocenters. The van der Waals surface area contributed by atoms with Gasteiger partial charge in [-0.15, -0.1) is 0 Å². The highest BCUT2D eigenvalue weighted by atomic mass is 16.2. The largest absolute Gasteiger partial charge is 0.305 e. The summed E-state index contributed by atoms with van der Waals surface area (Å²) in [5.41, 5.74) is 3.16. The molecular formula is C53H70N2O3. The van der Waals surface area contributed by atoms with Gasteiger partial charge in [-0.2, -0.15) is 0 Å². The van der Waals surface area contributed by atoms with Gasteiger partial charge in [0.05, 0.1) is 5.69 Å². The Morgan fingerprint density at radius 2 is 0.655 bits per heavy atom. The molecule has 5 aromatic rings. The fraction of sp³-hybridized carbons (Fsp3) is 0.566. The summed E-state index contributed by atoms with van der Waals surface area (Å²) in [6.45, 7) is 9.00. The van der Waals surface area contributed by atoms with Gasteiger partial charge in [-0.3, -0.25) is 19.3 Å². The van der Waals surface area contributed by atoms with Crippen LogP contribution in [0.25, 0.3) is 43.1 Å². The number of hydrogen-bond acceptors (Lipinski definition) is 3. The molecular weight excluding hydrogens is 713 g/mol. The number of amides is 3. The van der Waals surface area contributed by atoms with Crippen molar-refractivity contribution < 1.29 is 14.4 Å². The van der Waals surface area contributed by atoms with Gasteiger partial charge in [-0.25, -0.2) is 0 Å². The van der Waals surface area contributed by atoms with E-state index in [0.717, 1.165) is 119 Å². The third-order valence-corrected chi connectivity index (χ3v) is 13.8. The number of nitrogens with zero attached hydrogens (tertiary/aromatic N) is 2. The molecule has 5 heteroatoms. The zero-order valence-electron chi connectivity index (χ0n) is 36.4. The molecule has 5 nitrogen and oxygen atoms in total. The summed E-state index contributed by atoms with van der Waals surface area (Å²) in [6, 6.07) is 16.9. The van der Waals surface area contributed by atoms with Crippen molar-refractivity contribution in [2.24, 2.45) is 0 Å². The number of carbonyl (C=O) groups excluding carboxylic acids is 3. The molecule has 310 valence electrons. The van der Waals surface area contributed by atoms with E-state index < -0.39 is 0 Å². The first-order valence-corrected chi connectivity index (χ1v) is 23.9. The van der Waals surface area contributed by atoms with E-state index in [0.29, 0.717) is 11.1 Å². The van der Waals surface area contributed by atoms with E-state index in [2.05, 4.69) is 69.0 Å². The normalized spacial score (nSPS) is 14.1. The van der Waals surface area contributed by atoms with Crippen molar-refractivity contribution in [2.75, 3.05) is 4.90 Å². The van der Waals surface area contributed by atoms with Gasteiger partial charge in [0.1, 0.15) is 0 Å². The van der Waals surface area contributed by atoms with Crippen molar-refractivity contribution in [2.45, 2.75) is 194 Å². The number of benzene rings is 5. The Hall–Kier alpha value is -3.99. The van der Waals surface area contributed by atoms with Gasteiger partial charge in [0.2, 0.25) is 0 Å². The van der Waals surface area contributed by atoms with Crippen LogP contribution in [0.4, 0.5) is 5.69 Å². The lowest BCUT2D eigenvalue weighted by atomic mass is 9.83. The minimum absolute atomic E-state index is 0.0800. The summed E-state index contributed by atoms with van der Waals surface area (Å²) in [7, 11) is 0. The van der Waals surface area contributed by atoms with Gasteiger partial charge in [0, 0.05) is 44.9 Å². The Kier molecular flexibility index (Phi) is 14.4. The van der Waals surface area contributed by atoms with Crippen molar-refractivity contribution >= 4 is 66.5 Å². The highest BCUT2D eigenvalue weighted by Crippen LogP contribution is 2.49. The van der Waals surface area contributed by atoms with Crippen LogP contribution in [0, 0.1) is 0 Å². The number of fused-ring (bicyclic) bond motifs is 2. The SMILES string of the molecule is CCCCCCCC(CCCCCCC)N1C(=O)c2ccc3c4ccc5c6c(ccc(c7ccc(c2c37)C1=O)c64)N(C(CCCCCCC)CCCCCCC)C5=O. The molecule has 0 N–H and O–H groups in total. The van der Waals surface area contributed by atoms with Gasteiger partial charge in [0.15, 0.2) is 0 Å². The molecule has 0 spiro atoms. The first-order chi connectivity index (χ1) is 28.5. The van der Waals surface area contributed by atoms with E-state index in [1.807, 2.05) is 12.1 Å². The lowest BCUT2D eigenvalue weighted by molar-refractivity contribution is 0.0517. The molecule has 0 atom stereocenters. The molecule has 0 saturated heterocycles. The Morgan fingerprint density at radius 3 is 1.05 bits per heavy atom. The fourth-order valence-electron chi connectivity index (χ4n) is 10.6. The minimum Gasteiger partial charge on any atom is -0.305 e. The molecule has 2 aliphatic heterocycles. The highest BCUT2D eigenvalue weighted by molar-refractivity contribution is 6.41. The molecule has 0 bridgehead atoms. The zero-order valence-corrected chi connectivity index (χ0v) is 36.4. The molecule has 5 aromatic carbocycles. The fourth-order valence-corrected chi connectivity index (χ4v) is 10.6. The molecule has 0 radical (unpaired) electrons. The summed E-state index contributed by atoms with van der Waals surface area (Å²) in [5.74, 6) is -0.127. The Labute approximate surface area is 348 Å². The first-order valence-electron chi connectivity index (χ1n) is 23.9. The van der Waals surface area contributed by atoms with E-state index >= 15 is 0 Å². The number of carbonyl (C=O) groups is 3. The van der Waals surface area contributed by atoms with Gasteiger partial charge < -0.3 is 4.90 Å². The average Bonchev–Trinajstić information content (AvgIpc) is 3.53. The molecule has 0 saturated carbocycles. The molecule has 3 amide bonds. The zero-order chi connectivity index (χ0) is 40.6. The van der Waals surface area contributed by atoms with Gasteiger partial charge >= 0.3 is 0 Å². The van der Waals surface area contributed by atoms with Crippen LogP contribution >= 0.6 is 0 Å². The molecule has 2 heterocycles. The molecule has 0 aliphatic carbocycles. The number of unbranched alkanes of at least 4 members (excludes halogenated alkanes) is 16. The van der Waals surface area contributed by atoms with E-state index in [1.165, 1.54) is 89.9 Å². The number of hydrogen-bond donors (Lipinski definition) is 0. The predicted octanol–water partition coefficient (Wildman–Crippen LogP) is 15.5. The van der Waals surface area contributed by atoms with Crippen LogP contribution < -0.4 is 4.90 Å². The van der Waals surface area contributed by atoms with Gasteiger partial charge in [-0.05, 0) is 76.9 Å². The van der Waals surface area contributed by atoms with Crippen molar-refractivity contribution in [1.82, 2.24) is 4.90 Å². The lowest BCUT2D eigenvalue weighted by Crippen LogP contribution is -2.47. The predicted molar refractivity (Wildman–Crippen MR) is 246 cm³/mol. The molecule has 0 fully saturated rings. The van der Waals surface area contributed by atoms with E-state index in [4.69, 9.17) is 0 Å². The summed E-state index contributed by atoms with van der Waals surface area (Å²) >= 11 is 0. The van der Waals surface area contributed by atoms with Gasteiger partial charge in [-0.1, -0.05) is 180 Å². The van der Waals surface area contributed by atoms with Crippen LogP contribution in [0.15, 0.2) is 48.5 Å². The lowest BCUT2D eigenvalue weighted by Gasteiger charge is -2.35. The average molecular weight is 783 g/mol.